The van der Waals surface area contributed by atoms with E-state index in [1.54, 1.807) is 11.8 Å². The maximum atomic E-state index is 11.4. The van der Waals surface area contributed by atoms with Crippen molar-refractivity contribution in [2.75, 3.05) is 7.11 Å². The number of aryl methyl sites for hydroxylation is 2. The summed E-state index contributed by atoms with van der Waals surface area (Å²) in [4.78, 5) is 11.4. The van der Waals surface area contributed by atoms with Gasteiger partial charge in [0.1, 0.15) is 17.1 Å². The van der Waals surface area contributed by atoms with Crippen LogP contribution in [0.15, 0.2) is 42.5 Å². The van der Waals surface area contributed by atoms with Crippen molar-refractivity contribution < 1.29 is 9.53 Å². The Hall–Kier alpha value is -2.95. The van der Waals surface area contributed by atoms with Crippen molar-refractivity contribution in [2.24, 2.45) is 0 Å². The van der Waals surface area contributed by atoms with Gasteiger partial charge in [-0.25, -0.2) is 4.68 Å². The van der Waals surface area contributed by atoms with Crippen molar-refractivity contribution in [3.8, 4) is 22.7 Å². The molecule has 0 atom stereocenters. The second-order valence-corrected chi connectivity index (χ2v) is 5.32. The van der Waals surface area contributed by atoms with E-state index in [4.69, 9.17) is 4.74 Å². The summed E-state index contributed by atoms with van der Waals surface area (Å²) in [6.07, 6.45) is 0.726. The quantitative estimate of drug-likeness (QED) is 0.693. The van der Waals surface area contributed by atoms with Crippen LogP contribution < -0.4 is 4.74 Å². The highest BCUT2D eigenvalue weighted by Crippen LogP contribution is 2.30. The fourth-order valence-corrected chi connectivity index (χ4v) is 2.51. The molecule has 5 nitrogen and oxygen atoms in total. The first-order chi connectivity index (χ1) is 11.2. The van der Waals surface area contributed by atoms with Crippen molar-refractivity contribution in [3.63, 3.8) is 0 Å². The number of methoxy groups -OCH3 is 1. The van der Waals surface area contributed by atoms with Gasteiger partial charge < -0.3 is 4.74 Å². The Kier molecular flexibility index (Phi) is 3.93. The van der Waals surface area contributed by atoms with E-state index >= 15 is 0 Å². The molecule has 3 aromatic rings. The number of aromatic nitrogens is 3. The summed E-state index contributed by atoms with van der Waals surface area (Å²) in [6, 6.07) is 13.5. The third-order valence-electron chi connectivity index (χ3n) is 3.90. The van der Waals surface area contributed by atoms with Gasteiger partial charge in [0.15, 0.2) is 12.0 Å². The Labute approximate surface area is 134 Å². The maximum absolute atomic E-state index is 11.4. The van der Waals surface area contributed by atoms with Crippen LogP contribution >= 0.6 is 0 Å². The Morgan fingerprint density at radius 2 is 1.87 bits per heavy atom. The van der Waals surface area contributed by atoms with E-state index < -0.39 is 0 Å². The van der Waals surface area contributed by atoms with Crippen LogP contribution in [0.3, 0.4) is 0 Å². The molecule has 3 rings (SSSR count). The van der Waals surface area contributed by atoms with Gasteiger partial charge in [-0.05, 0) is 43.2 Å². The average Bonchev–Trinajstić information content (AvgIpc) is 3.01. The summed E-state index contributed by atoms with van der Waals surface area (Å²) in [5.74, 6) is 0.667. The Bertz CT molecular complexity index is 868. The third kappa shape index (κ3) is 2.61. The molecule has 0 amide bonds. The predicted octanol–water partition coefficient (Wildman–Crippen LogP) is 3.37. The molecule has 5 heteroatoms. The molecule has 0 N–H and O–H groups in total. The van der Waals surface area contributed by atoms with Crippen LogP contribution in [0, 0.1) is 13.8 Å². The monoisotopic (exact) mass is 307 g/mol. The number of para-hydroxylation sites is 2. The lowest BCUT2D eigenvalue weighted by molar-refractivity contribution is 0.111. The molecule has 0 aliphatic heterocycles. The molecule has 0 aliphatic rings. The number of benzene rings is 2. The zero-order chi connectivity index (χ0) is 16.4. The number of ether oxygens (including phenoxy) is 1. The van der Waals surface area contributed by atoms with Crippen molar-refractivity contribution >= 4 is 6.29 Å². The molecule has 1 heterocycles. The highest BCUT2D eigenvalue weighted by molar-refractivity contribution is 5.84. The Morgan fingerprint density at radius 3 is 2.57 bits per heavy atom. The lowest BCUT2D eigenvalue weighted by Gasteiger charge is -2.12. The van der Waals surface area contributed by atoms with Gasteiger partial charge in [0.05, 0.1) is 7.11 Å². The SMILES string of the molecule is COc1ccccc1-n1nnc(C=O)c1-c1ccc(C)c(C)c1. The summed E-state index contributed by atoms with van der Waals surface area (Å²) in [6.45, 7) is 4.09. The molecular formula is C18H17N3O2. The van der Waals surface area contributed by atoms with E-state index in [0.717, 1.165) is 23.1 Å². The number of carbonyl (C=O) groups is 1. The highest BCUT2D eigenvalue weighted by Gasteiger charge is 2.18. The van der Waals surface area contributed by atoms with E-state index in [1.165, 1.54) is 5.56 Å². The van der Waals surface area contributed by atoms with E-state index in [-0.39, 0.29) is 0 Å². The van der Waals surface area contributed by atoms with Crippen LogP contribution in [0.4, 0.5) is 0 Å². The normalized spacial score (nSPS) is 10.6. The van der Waals surface area contributed by atoms with Gasteiger partial charge in [0, 0.05) is 5.56 Å². The first kappa shape index (κ1) is 15.0. The maximum Gasteiger partial charge on any atom is 0.172 e. The van der Waals surface area contributed by atoms with Crippen LogP contribution in [0.2, 0.25) is 0 Å². The fraction of sp³-hybridized carbons (Fsp3) is 0.167. The zero-order valence-corrected chi connectivity index (χ0v) is 13.3. The number of hydrogen-bond donors (Lipinski definition) is 0. The van der Waals surface area contributed by atoms with Gasteiger partial charge in [0.2, 0.25) is 0 Å². The molecule has 1 aromatic heterocycles. The second-order valence-electron chi connectivity index (χ2n) is 5.32. The van der Waals surface area contributed by atoms with Gasteiger partial charge in [-0.2, -0.15) is 0 Å². The minimum absolute atomic E-state index is 0.305. The number of hydrogen-bond acceptors (Lipinski definition) is 4. The van der Waals surface area contributed by atoms with Crippen molar-refractivity contribution in [2.45, 2.75) is 13.8 Å². The Morgan fingerprint density at radius 1 is 1.09 bits per heavy atom. The third-order valence-corrected chi connectivity index (χ3v) is 3.90. The van der Waals surface area contributed by atoms with E-state index in [9.17, 15) is 4.79 Å². The first-order valence-electron chi connectivity index (χ1n) is 7.27. The van der Waals surface area contributed by atoms with Crippen LogP contribution in [0.1, 0.15) is 21.6 Å². The lowest BCUT2D eigenvalue weighted by atomic mass is 10.0. The van der Waals surface area contributed by atoms with Crippen molar-refractivity contribution in [3.05, 3.63) is 59.3 Å². The van der Waals surface area contributed by atoms with E-state index in [2.05, 4.69) is 17.2 Å². The molecule has 0 bridgehead atoms. The molecule has 0 spiro atoms. The molecular weight excluding hydrogens is 290 g/mol. The van der Waals surface area contributed by atoms with Gasteiger partial charge in [0.25, 0.3) is 0 Å². The van der Waals surface area contributed by atoms with Crippen molar-refractivity contribution in [1.29, 1.82) is 0 Å². The largest absolute Gasteiger partial charge is 0.494 e. The minimum Gasteiger partial charge on any atom is -0.494 e. The smallest absolute Gasteiger partial charge is 0.172 e. The summed E-state index contributed by atoms with van der Waals surface area (Å²) in [5, 5.41) is 8.15. The lowest BCUT2D eigenvalue weighted by Crippen LogP contribution is -2.03. The molecule has 0 saturated heterocycles. The van der Waals surface area contributed by atoms with Crippen LogP contribution in [-0.2, 0) is 0 Å². The fourth-order valence-electron chi connectivity index (χ4n) is 2.51. The number of rotatable bonds is 4. The first-order valence-corrected chi connectivity index (χ1v) is 7.27. The predicted molar refractivity (Wildman–Crippen MR) is 88.2 cm³/mol. The molecule has 0 aliphatic carbocycles. The summed E-state index contributed by atoms with van der Waals surface area (Å²) in [7, 11) is 1.60. The molecule has 116 valence electrons. The average molecular weight is 307 g/mol. The van der Waals surface area contributed by atoms with Crippen LogP contribution in [0.5, 0.6) is 5.75 Å². The topological polar surface area (TPSA) is 57.0 Å². The number of nitrogens with zero attached hydrogens (tertiary/aromatic N) is 3. The number of carbonyl (C=O) groups excluding carboxylic acids is 1. The molecule has 23 heavy (non-hydrogen) atoms. The zero-order valence-electron chi connectivity index (χ0n) is 13.3. The Balaban J connectivity index is 2.26. The highest BCUT2D eigenvalue weighted by atomic mass is 16.5. The summed E-state index contributed by atoms with van der Waals surface area (Å²) < 4.78 is 7.04. The second kappa shape index (κ2) is 6.04. The van der Waals surface area contributed by atoms with E-state index in [1.807, 2.05) is 49.4 Å². The standard InChI is InChI=1S/C18H17N3O2/c1-12-8-9-14(10-13(12)2)18-15(11-22)19-20-21(18)16-6-4-5-7-17(16)23-3/h4-11H,1-3H3. The van der Waals surface area contributed by atoms with Crippen LogP contribution in [0.25, 0.3) is 16.9 Å². The van der Waals surface area contributed by atoms with E-state index in [0.29, 0.717) is 17.1 Å². The van der Waals surface area contributed by atoms with Crippen LogP contribution in [-0.4, -0.2) is 28.4 Å². The van der Waals surface area contributed by atoms with Gasteiger partial charge in [-0.15, -0.1) is 5.10 Å². The molecule has 0 radical (unpaired) electrons. The molecule has 2 aromatic carbocycles. The molecule has 0 fully saturated rings. The van der Waals surface area contributed by atoms with Gasteiger partial charge in [-0.3, -0.25) is 4.79 Å². The molecule has 0 unspecified atom stereocenters. The minimum atomic E-state index is 0.305. The number of aldehydes is 1. The van der Waals surface area contributed by atoms with Gasteiger partial charge in [-0.1, -0.05) is 29.5 Å². The summed E-state index contributed by atoms with van der Waals surface area (Å²) >= 11 is 0. The summed E-state index contributed by atoms with van der Waals surface area (Å²) in [5.41, 5.74) is 4.94. The molecule has 0 saturated carbocycles. The van der Waals surface area contributed by atoms with Crippen molar-refractivity contribution in [1.82, 2.24) is 15.0 Å². The van der Waals surface area contributed by atoms with Gasteiger partial charge >= 0.3 is 0 Å².